The summed E-state index contributed by atoms with van der Waals surface area (Å²) in [5.74, 6) is 0.922. The van der Waals surface area contributed by atoms with Gasteiger partial charge in [-0.1, -0.05) is 19.1 Å². The second-order valence-electron chi connectivity index (χ2n) is 4.95. The average molecular weight is 251 g/mol. The van der Waals surface area contributed by atoms with Gasteiger partial charge < -0.3 is 14.8 Å². The maximum Gasteiger partial charge on any atom is 0.119 e. The lowest BCUT2D eigenvalue weighted by Gasteiger charge is -2.33. The van der Waals surface area contributed by atoms with Gasteiger partial charge in [-0.3, -0.25) is 0 Å². The number of hydrogen-bond acceptors (Lipinski definition) is 3. The van der Waals surface area contributed by atoms with Crippen LogP contribution in [0.3, 0.4) is 0 Å². The van der Waals surface area contributed by atoms with E-state index in [0.29, 0.717) is 0 Å². The Hall–Kier alpha value is -1.06. The van der Waals surface area contributed by atoms with Crippen LogP contribution in [0.2, 0.25) is 0 Å². The third kappa shape index (κ3) is 3.72. The summed E-state index contributed by atoms with van der Waals surface area (Å²) in [6.07, 6.45) is 1.03. The Morgan fingerprint density at radius 2 is 1.83 bits per heavy atom. The van der Waals surface area contributed by atoms with Crippen LogP contribution < -0.4 is 10.1 Å². The predicted molar refractivity (Wildman–Crippen MR) is 75.1 cm³/mol. The highest BCUT2D eigenvalue weighted by molar-refractivity contribution is 5.30. The molecule has 0 amide bonds. The molecular weight excluding hydrogens is 226 g/mol. The molecule has 1 N–H and O–H groups in total. The summed E-state index contributed by atoms with van der Waals surface area (Å²) in [4.78, 5) is 0. The molecule has 1 rings (SSSR count). The minimum absolute atomic E-state index is 0.155. The van der Waals surface area contributed by atoms with Crippen molar-refractivity contribution in [2.75, 3.05) is 20.8 Å². The quantitative estimate of drug-likeness (QED) is 0.807. The lowest BCUT2D eigenvalue weighted by atomic mass is 9.92. The van der Waals surface area contributed by atoms with Crippen LogP contribution in [0, 0.1) is 0 Å². The Labute approximate surface area is 110 Å². The first-order valence-corrected chi connectivity index (χ1v) is 6.50. The van der Waals surface area contributed by atoms with E-state index < -0.39 is 0 Å². The number of likely N-dealkylation sites (N-methyl/N-ethyl adjacent to an activating group) is 1. The maximum atomic E-state index is 5.58. The van der Waals surface area contributed by atoms with Gasteiger partial charge in [-0.2, -0.15) is 0 Å². The molecule has 1 aromatic carbocycles. The lowest BCUT2D eigenvalue weighted by molar-refractivity contribution is -0.00900. The standard InChI is InChI=1S/C15H25NO2/c1-6-11-18-13-9-7-12(8-10-13)14(16-4)15(2,3)17-5/h7-10,14,16H,6,11H2,1-5H3. The van der Waals surface area contributed by atoms with Crippen LogP contribution >= 0.6 is 0 Å². The second-order valence-corrected chi connectivity index (χ2v) is 4.95. The van der Waals surface area contributed by atoms with E-state index in [0.717, 1.165) is 18.8 Å². The first kappa shape index (κ1) is 15.0. The van der Waals surface area contributed by atoms with E-state index in [1.54, 1.807) is 7.11 Å². The fourth-order valence-electron chi connectivity index (χ4n) is 2.01. The van der Waals surface area contributed by atoms with E-state index in [4.69, 9.17) is 9.47 Å². The highest BCUT2D eigenvalue weighted by Gasteiger charge is 2.29. The van der Waals surface area contributed by atoms with Crippen LogP contribution in [0.5, 0.6) is 5.75 Å². The summed E-state index contributed by atoms with van der Waals surface area (Å²) >= 11 is 0. The number of hydrogen-bond donors (Lipinski definition) is 1. The molecule has 0 aliphatic rings. The molecule has 0 radical (unpaired) electrons. The van der Waals surface area contributed by atoms with Crippen LogP contribution in [-0.4, -0.2) is 26.4 Å². The van der Waals surface area contributed by atoms with Gasteiger partial charge in [0.2, 0.25) is 0 Å². The third-order valence-corrected chi connectivity index (χ3v) is 3.20. The fourth-order valence-corrected chi connectivity index (χ4v) is 2.01. The maximum absolute atomic E-state index is 5.58. The van der Waals surface area contributed by atoms with E-state index in [9.17, 15) is 0 Å². The van der Waals surface area contributed by atoms with Crippen molar-refractivity contribution in [3.63, 3.8) is 0 Å². The van der Waals surface area contributed by atoms with E-state index in [1.165, 1.54) is 5.56 Å². The Morgan fingerprint density at radius 3 is 2.28 bits per heavy atom. The zero-order chi connectivity index (χ0) is 13.6. The van der Waals surface area contributed by atoms with Crippen molar-refractivity contribution < 1.29 is 9.47 Å². The van der Waals surface area contributed by atoms with E-state index in [1.807, 2.05) is 19.2 Å². The summed E-state index contributed by atoms with van der Waals surface area (Å²) in [6.45, 7) is 7.02. The minimum Gasteiger partial charge on any atom is -0.494 e. The zero-order valence-corrected chi connectivity index (χ0v) is 12.1. The average Bonchev–Trinajstić information content (AvgIpc) is 2.38. The molecule has 0 aliphatic carbocycles. The van der Waals surface area contributed by atoms with Crippen molar-refractivity contribution >= 4 is 0 Å². The molecule has 3 nitrogen and oxygen atoms in total. The Bertz CT molecular complexity index is 346. The molecular formula is C15H25NO2. The number of nitrogens with one attached hydrogen (secondary N) is 1. The molecule has 0 bridgehead atoms. The van der Waals surface area contributed by atoms with Crippen molar-refractivity contribution in [2.24, 2.45) is 0 Å². The minimum atomic E-state index is -0.249. The Balaban J connectivity index is 2.82. The predicted octanol–water partition coefficient (Wildman–Crippen LogP) is 3.16. The molecule has 1 aromatic rings. The van der Waals surface area contributed by atoms with Crippen molar-refractivity contribution in [2.45, 2.75) is 38.8 Å². The van der Waals surface area contributed by atoms with Gasteiger partial charge in [0, 0.05) is 7.11 Å². The fraction of sp³-hybridized carbons (Fsp3) is 0.600. The van der Waals surface area contributed by atoms with Gasteiger partial charge in [0.1, 0.15) is 5.75 Å². The van der Waals surface area contributed by atoms with Crippen molar-refractivity contribution in [3.8, 4) is 5.75 Å². The number of methoxy groups -OCH3 is 1. The van der Waals surface area contributed by atoms with Crippen LogP contribution in [0.25, 0.3) is 0 Å². The molecule has 0 saturated carbocycles. The van der Waals surface area contributed by atoms with Gasteiger partial charge in [-0.15, -0.1) is 0 Å². The first-order chi connectivity index (χ1) is 8.55. The molecule has 18 heavy (non-hydrogen) atoms. The van der Waals surface area contributed by atoms with Crippen LogP contribution in [0.15, 0.2) is 24.3 Å². The Kier molecular flexibility index (Phi) is 5.63. The summed E-state index contributed by atoms with van der Waals surface area (Å²) in [7, 11) is 3.69. The molecule has 0 saturated heterocycles. The van der Waals surface area contributed by atoms with Crippen LogP contribution in [0.1, 0.15) is 38.8 Å². The van der Waals surface area contributed by atoms with Gasteiger partial charge in [0.05, 0.1) is 18.2 Å². The van der Waals surface area contributed by atoms with E-state index in [-0.39, 0.29) is 11.6 Å². The van der Waals surface area contributed by atoms with Gasteiger partial charge >= 0.3 is 0 Å². The molecule has 0 fully saturated rings. The molecule has 1 unspecified atom stereocenters. The van der Waals surface area contributed by atoms with Crippen molar-refractivity contribution in [3.05, 3.63) is 29.8 Å². The molecule has 3 heteroatoms. The second kappa shape index (κ2) is 6.76. The van der Waals surface area contributed by atoms with Crippen molar-refractivity contribution in [1.29, 1.82) is 0 Å². The van der Waals surface area contributed by atoms with Gasteiger partial charge in [0.25, 0.3) is 0 Å². The number of ether oxygens (including phenoxy) is 2. The largest absolute Gasteiger partial charge is 0.494 e. The molecule has 0 aromatic heterocycles. The van der Waals surface area contributed by atoms with E-state index in [2.05, 4.69) is 38.2 Å². The molecule has 1 atom stereocenters. The Morgan fingerprint density at radius 1 is 1.22 bits per heavy atom. The highest BCUT2D eigenvalue weighted by Crippen LogP contribution is 2.29. The van der Waals surface area contributed by atoms with Crippen molar-refractivity contribution in [1.82, 2.24) is 5.32 Å². The smallest absolute Gasteiger partial charge is 0.119 e. The highest BCUT2D eigenvalue weighted by atomic mass is 16.5. The summed E-state index contributed by atoms with van der Waals surface area (Å²) in [6, 6.07) is 8.37. The molecule has 0 spiro atoms. The van der Waals surface area contributed by atoms with Gasteiger partial charge in [-0.25, -0.2) is 0 Å². The summed E-state index contributed by atoms with van der Waals surface area (Å²) in [5, 5.41) is 3.31. The summed E-state index contributed by atoms with van der Waals surface area (Å²) < 4.78 is 11.1. The normalized spacial score (nSPS) is 13.4. The van der Waals surface area contributed by atoms with Gasteiger partial charge in [0.15, 0.2) is 0 Å². The third-order valence-electron chi connectivity index (χ3n) is 3.20. The van der Waals surface area contributed by atoms with Crippen LogP contribution in [-0.2, 0) is 4.74 Å². The lowest BCUT2D eigenvalue weighted by Crippen LogP contribution is -2.39. The number of benzene rings is 1. The monoisotopic (exact) mass is 251 g/mol. The van der Waals surface area contributed by atoms with Crippen LogP contribution in [0.4, 0.5) is 0 Å². The van der Waals surface area contributed by atoms with E-state index >= 15 is 0 Å². The topological polar surface area (TPSA) is 30.5 Å². The summed E-state index contributed by atoms with van der Waals surface area (Å²) in [5.41, 5.74) is 0.953. The molecule has 0 aliphatic heterocycles. The van der Waals surface area contributed by atoms with Gasteiger partial charge in [-0.05, 0) is 45.0 Å². The zero-order valence-electron chi connectivity index (χ0n) is 12.1. The number of rotatable bonds is 7. The molecule has 102 valence electrons. The first-order valence-electron chi connectivity index (χ1n) is 6.50. The molecule has 0 heterocycles. The SMILES string of the molecule is CCCOc1ccc(C(NC)C(C)(C)OC)cc1.